The fraction of sp³-hybridized carbons (Fsp3) is 0.182. The number of rotatable bonds is 7. The quantitative estimate of drug-likeness (QED) is 0.203. The Labute approximate surface area is 187 Å². The molecule has 0 fully saturated rings. The SMILES string of the molecule is COc1ccc2cc(C(=O)C(C)C=NOCc3ccc(Cl)cc3Cl)ccc2c1Br. The van der Waals surface area contributed by atoms with Crippen molar-refractivity contribution in [1.29, 1.82) is 0 Å². The van der Waals surface area contributed by atoms with E-state index < -0.39 is 5.92 Å². The van der Waals surface area contributed by atoms with E-state index in [1.54, 1.807) is 38.3 Å². The summed E-state index contributed by atoms with van der Waals surface area (Å²) in [6, 6.07) is 14.5. The monoisotopic (exact) mass is 493 g/mol. The number of nitrogens with zero attached hydrogens (tertiary/aromatic N) is 1. The van der Waals surface area contributed by atoms with Crippen molar-refractivity contribution < 1.29 is 14.4 Å². The van der Waals surface area contributed by atoms with Gasteiger partial charge in [0.25, 0.3) is 0 Å². The summed E-state index contributed by atoms with van der Waals surface area (Å²) in [6.45, 7) is 1.97. The maximum absolute atomic E-state index is 12.7. The molecular formula is C22H18BrCl2NO3. The molecule has 29 heavy (non-hydrogen) atoms. The van der Waals surface area contributed by atoms with Gasteiger partial charge in [-0.25, -0.2) is 0 Å². The standard InChI is InChI=1S/C22H18BrCl2NO3/c1-13(11-26-29-12-16-3-6-17(24)10-19(16)25)22(27)15-4-7-18-14(9-15)5-8-20(28-2)21(18)23/h3-11,13H,12H2,1-2H3. The number of halogens is 3. The largest absolute Gasteiger partial charge is 0.496 e. The lowest BCUT2D eigenvalue weighted by molar-refractivity contribution is 0.0955. The molecule has 0 heterocycles. The van der Waals surface area contributed by atoms with Gasteiger partial charge in [-0.2, -0.15) is 0 Å². The van der Waals surface area contributed by atoms with Gasteiger partial charge in [-0.05, 0) is 57.9 Å². The van der Waals surface area contributed by atoms with E-state index in [1.807, 2.05) is 24.3 Å². The van der Waals surface area contributed by atoms with Crippen LogP contribution in [0.1, 0.15) is 22.8 Å². The highest BCUT2D eigenvalue weighted by atomic mass is 79.9. The van der Waals surface area contributed by atoms with Gasteiger partial charge in [0.2, 0.25) is 0 Å². The number of Topliss-reactive ketones (excluding diaryl/α,β-unsaturated/α-hetero) is 1. The summed E-state index contributed by atoms with van der Waals surface area (Å²) in [7, 11) is 1.62. The number of hydrogen-bond donors (Lipinski definition) is 0. The molecule has 3 rings (SSSR count). The topological polar surface area (TPSA) is 47.9 Å². The molecule has 3 aromatic rings. The minimum absolute atomic E-state index is 0.0456. The number of ketones is 1. The summed E-state index contributed by atoms with van der Waals surface area (Å²) in [5.41, 5.74) is 1.37. The van der Waals surface area contributed by atoms with Crippen LogP contribution in [0.25, 0.3) is 10.8 Å². The second-order valence-corrected chi connectivity index (χ2v) is 8.07. The van der Waals surface area contributed by atoms with Gasteiger partial charge in [0.1, 0.15) is 12.4 Å². The normalized spacial score (nSPS) is 12.3. The first-order valence-corrected chi connectivity index (χ1v) is 10.4. The van der Waals surface area contributed by atoms with Crippen LogP contribution < -0.4 is 4.74 Å². The van der Waals surface area contributed by atoms with Gasteiger partial charge >= 0.3 is 0 Å². The van der Waals surface area contributed by atoms with Crippen molar-refractivity contribution in [3.8, 4) is 5.75 Å². The smallest absolute Gasteiger partial charge is 0.171 e. The second-order valence-electron chi connectivity index (χ2n) is 6.43. The van der Waals surface area contributed by atoms with Crippen molar-refractivity contribution in [2.75, 3.05) is 7.11 Å². The summed E-state index contributed by atoms with van der Waals surface area (Å²) < 4.78 is 6.17. The predicted molar refractivity (Wildman–Crippen MR) is 121 cm³/mol. The molecule has 0 radical (unpaired) electrons. The molecule has 1 atom stereocenters. The van der Waals surface area contributed by atoms with Crippen molar-refractivity contribution in [2.45, 2.75) is 13.5 Å². The van der Waals surface area contributed by atoms with Crippen molar-refractivity contribution in [3.05, 3.63) is 74.2 Å². The summed E-state index contributed by atoms with van der Waals surface area (Å²) in [5.74, 6) is 0.264. The van der Waals surface area contributed by atoms with E-state index in [1.165, 1.54) is 6.21 Å². The maximum Gasteiger partial charge on any atom is 0.171 e. The Kier molecular flexibility index (Phi) is 7.17. The average Bonchev–Trinajstić information content (AvgIpc) is 2.71. The van der Waals surface area contributed by atoms with Crippen LogP contribution in [0, 0.1) is 5.92 Å². The van der Waals surface area contributed by atoms with E-state index in [-0.39, 0.29) is 12.4 Å². The molecule has 7 heteroatoms. The number of ether oxygens (including phenoxy) is 1. The number of carbonyl (C=O) groups is 1. The average molecular weight is 495 g/mol. The highest BCUT2D eigenvalue weighted by Crippen LogP contribution is 2.33. The van der Waals surface area contributed by atoms with E-state index in [2.05, 4.69) is 21.1 Å². The lowest BCUT2D eigenvalue weighted by atomic mass is 9.97. The first-order valence-electron chi connectivity index (χ1n) is 8.80. The zero-order chi connectivity index (χ0) is 21.0. The second kappa shape index (κ2) is 9.61. The van der Waals surface area contributed by atoms with Crippen LogP contribution in [0.15, 0.2) is 58.2 Å². The molecule has 0 N–H and O–H groups in total. The van der Waals surface area contributed by atoms with E-state index in [0.717, 1.165) is 26.6 Å². The van der Waals surface area contributed by atoms with Crippen LogP contribution in [-0.4, -0.2) is 19.1 Å². The van der Waals surface area contributed by atoms with Crippen LogP contribution in [0.5, 0.6) is 5.75 Å². The van der Waals surface area contributed by atoms with Crippen molar-refractivity contribution in [3.63, 3.8) is 0 Å². The number of oxime groups is 1. The highest BCUT2D eigenvalue weighted by molar-refractivity contribution is 9.10. The van der Waals surface area contributed by atoms with Gasteiger partial charge in [-0.1, -0.05) is 52.6 Å². The molecule has 150 valence electrons. The molecule has 1 unspecified atom stereocenters. The summed E-state index contributed by atoms with van der Waals surface area (Å²) in [4.78, 5) is 18.0. The Hall–Kier alpha value is -2.08. The summed E-state index contributed by atoms with van der Waals surface area (Å²) in [5, 5.41) is 6.90. The molecular weight excluding hydrogens is 477 g/mol. The minimum Gasteiger partial charge on any atom is -0.496 e. The molecule has 0 aliphatic rings. The van der Waals surface area contributed by atoms with Gasteiger partial charge in [0, 0.05) is 21.2 Å². The molecule has 3 aromatic carbocycles. The number of benzene rings is 3. The van der Waals surface area contributed by atoms with E-state index in [0.29, 0.717) is 15.6 Å². The molecule has 4 nitrogen and oxygen atoms in total. The Morgan fingerprint density at radius 2 is 1.97 bits per heavy atom. The number of fused-ring (bicyclic) bond motifs is 1. The van der Waals surface area contributed by atoms with Gasteiger partial charge in [-0.15, -0.1) is 0 Å². The number of methoxy groups -OCH3 is 1. The Bertz CT molecular complexity index is 1090. The molecule has 0 aliphatic carbocycles. The molecule has 0 aliphatic heterocycles. The minimum atomic E-state index is -0.435. The van der Waals surface area contributed by atoms with Crippen LogP contribution in [0.3, 0.4) is 0 Å². The van der Waals surface area contributed by atoms with E-state index in [4.69, 9.17) is 32.8 Å². The van der Waals surface area contributed by atoms with Gasteiger partial charge in [0.15, 0.2) is 5.78 Å². The molecule has 0 amide bonds. The van der Waals surface area contributed by atoms with E-state index in [9.17, 15) is 4.79 Å². The number of hydrogen-bond acceptors (Lipinski definition) is 4. The van der Waals surface area contributed by atoms with E-state index >= 15 is 0 Å². The maximum atomic E-state index is 12.7. The van der Waals surface area contributed by atoms with Crippen LogP contribution in [0.2, 0.25) is 10.0 Å². The molecule has 0 spiro atoms. The first-order chi connectivity index (χ1) is 13.9. The molecule has 0 saturated heterocycles. The predicted octanol–water partition coefficient (Wildman–Crippen LogP) is 6.94. The Morgan fingerprint density at radius 3 is 2.69 bits per heavy atom. The first kappa shape index (κ1) is 21.6. The van der Waals surface area contributed by atoms with Gasteiger partial charge in [0.05, 0.1) is 23.7 Å². The highest BCUT2D eigenvalue weighted by Gasteiger charge is 2.15. The third kappa shape index (κ3) is 5.10. The lowest BCUT2D eigenvalue weighted by Crippen LogP contribution is -2.12. The third-order valence-corrected chi connectivity index (χ3v) is 5.84. The van der Waals surface area contributed by atoms with Gasteiger partial charge < -0.3 is 9.57 Å². The molecule has 0 saturated carbocycles. The zero-order valence-electron chi connectivity index (χ0n) is 15.8. The Balaban J connectivity index is 1.67. The van der Waals surface area contributed by atoms with Crippen LogP contribution >= 0.6 is 39.1 Å². The zero-order valence-corrected chi connectivity index (χ0v) is 18.9. The van der Waals surface area contributed by atoms with Crippen molar-refractivity contribution in [2.24, 2.45) is 11.1 Å². The summed E-state index contributed by atoms with van der Waals surface area (Å²) in [6.07, 6.45) is 1.49. The fourth-order valence-corrected chi connectivity index (χ4v) is 3.91. The van der Waals surface area contributed by atoms with Gasteiger partial charge in [-0.3, -0.25) is 4.79 Å². The Morgan fingerprint density at radius 1 is 1.17 bits per heavy atom. The molecule has 0 bridgehead atoms. The fourth-order valence-electron chi connectivity index (χ4n) is 2.79. The van der Waals surface area contributed by atoms with Crippen molar-refractivity contribution >= 4 is 61.9 Å². The molecule has 0 aromatic heterocycles. The summed E-state index contributed by atoms with van der Waals surface area (Å²) >= 11 is 15.5. The van der Waals surface area contributed by atoms with Crippen LogP contribution in [-0.2, 0) is 11.4 Å². The lowest BCUT2D eigenvalue weighted by Gasteiger charge is -2.10. The number of carbonyl (C=O) groups excluding carboxylic acids is 1. The van der Waals surface area contributed by atoms with Crippen LogP contribution in [0.4, 0.5) is 0 Å². The third-order valence-electron chi connectivity index (χ3n) is 4.43. The van der Waals surface area contributed by atoms with Crippen molar-refractivity contribution in [1.82, 2.24) is 0 Å².